The molecule has 2 aromatic carbocycles. The summed E-state index contributed by atoms with van der Waals surface area (Å²) in [5.74, 6) is -0.249. The van der Waals surface area contributed by atoms with E-state index in [1.807, 2.05) is 19.1 Å². The van der Waals surface area contributed by atoms with E-state index in [0.29, 0.717) is 11.8 Å². The van der Waals surface area contributed by atoms with Crippen molar-refractivity contribution in [2.24, 2.45) is 0 Å². The number of rotatable bonds is 4. The third kappa shape index (κ3) is 2.59. The summed E-state index contributed by atoms with van der Waals surface area (Å²) in [5, 5.41) is 11.5. The van der Waals surface area contributed by atoms with Gasteiger partial charge in [0.25, 0.3) is 0 Å². The van der Waals surface area contributed by atoms with Crippen LogP contribution in [0.2, 0.25) is 0 Å². The Morgan fingerprint density at radius 1 is 1.22 bits per heavy atom. The van der Waals surface area contributed by atoms with Crippen molar-refractivity contribution in [1.82, 2.24) is 0 Å². The highest BCUT2D eigenvalue weighted by molar-refractivity contribution is 5.86. The first-order valence-electron chi connectivity index (χ1n) is 6.09. The first-order chi connectivity index (χ1) is 8.59. The van der Waals surface area contributed by atoms with E-state index in [0.717, 1.165) is 22.9 Å². The van der Waals surface area contributed by atoms with Crippen molar-refractivity contribution in [2.75, 3.05) is 0 Å². The van der Waals surface area contributed by atoms with Crippen LogP contribution in [0.4, 0.5) is 4.39 Å². The molecule has 0 aromatic heterocycles. The smallest absolute Gasteiger partial charge is 0.131 e. The van der Waals surface area contributed by atoms with Crippen LogP contribution >= 0.6 is 0 Å². The van der Waals surface area contributed by atoms with Crippen LogP contribution in [-0.2, 0) is 0 Å². The lowest BCUT2D eigenvalue weighted by atomic mass is 9.96. The quantitative estimate of drug-likeness (QED) is 0.792. The van der Waals surface area contributed by atoms with Crippen LogP contribution in [0.3, 0.4) is 0 Å². The zero-order chi connectivity index (χ0) is 13.1. The van der Waals surface area contributed by atoms with Crippen molar-refractivity contribution < 1.29 is 9.50 Å². The van der Waals surface area contributed by atoms with Gasteiger partial charge in [-0.3, -0.25) is 0 Å². The van der Waals surface area contributed by atoms with Gasteiger partial charge in [-0.15, -0.1) is 6.58 Å². The summed E-state index contributed by atoms with van der Waals surface area (Å²) in [4.78, 5) is 0. The molecule has 2 rings (SSSR count). The molecule has 2 aromatic rings. The number of fused-ring (bicyclic) bond motifs is 1. The first-order valence-corrected chi connectivity index (χ1v) is 6.09. The van der Waals surface area contributed by atoms with Crippen molar-refractivity contribution >= 4 is 10.8 Å². The molecule has 0 aliphatic rings. The molecule has 0 aliphatic carbocycles. The van der Waals surface area contributed by atoms with Crippen molar-refractivity contribution in [1.29, 1.82) is 0 Å². The average molecular weight is 244 g/mol. The summed E-state index contributed by atoms with van der Waals surface area (Å²) >= 11 is 0. The predicted molar refractivity (Wildman–Crippen MR) is 72.9 cm³/mol. The Balaban J connectivity index is 2.39. The lowest BCUT2D eigenvalue weighted by Gasteiger charge is -2.14. The molecule has 0 saturated carbocycles. The molecular weight excluding hydrogens is 227 g/mol. The topological polar surface area (TPSA) is 20.2 Å². The van der Waals surface area contributed by atoms with Crippen molar-refractivity contribution in [2.45, 2.75) is 25.9 Å². The summed E-state index contributed by atoms with van der Waals surface area (Å²) < 4.78 is 13.6. The monoisotopic (exact) mass is 244 g/mol. The molecule has 0 fully saturated rings. The number of aliphatic hydroxyl groups excluding tert-OH is 1. The van der Waals surface area contributed by atoms with Gasteiger partial charge in [0.05, 0.1) is 6.10 Å². The van der Waals surface area contributed by atoms with Crippen LogP contribution in [0, 0.1) is 5.82 Å². The molecule has 0 spiro atoms. The van der Waals surface area contributed by atoms with Gasteiger partial charge >= 0.3 is 0 Å². The highest BCUT2D eigenvalue weighted by Gasteiger charge is 2.12. The largest absolute Gasteiger partial charge is 0.388 e. The fraction of sp³-hybridized carbons (Fsp3) is 0.250. The molecular formula is C16H17FO. The molecule has 0 aliphatic heterocycles. The number of hydrogen-bond donors (Lipinski definition) is 1. The summed E-state index contributed by atoms with van der Waals surface area (Å²) in [7, 11) is 0. The van der Waals surface area contributed by atoms with Crippen LogP contribution in [0.15, 0.2) is 48.6 Å². The maximum Gasteiger partial charge on any atom is 0.131 e. The van der Waals surface area contributed by atoms with Gasteiger partial charge in [-0.1, -0.05) is 35.9 Å². The van der Waals surface area contributed by atoms with E-state index >= 15 is 0 Å². The van der Waals surface area contributed by atoms with Crippen molar-refractivity contribution in [3.8, 4) is 0 Å². The number of halogens is 1. The fourth-order valence-electron chi connectivity index (χ4n) is 2.11. The summed E-state index contributed by atoms with van der Waals surface area (Å²) in [6.45, 7) is 5.77. The van der Waals surface area contributed by atoms with Gasteiger partial charge in [0.1, 0.15) is 5.82 Å². The van der Waals surface area contributed by atoms with E-state index < -0.39 is 6.10 Å². The van der Waals surface area contributed by atoms with Crippen LogP contribution < -0.4 is 0 Å². The van der Waals surface area contributed by atoms with Crippen LogP contribution in [0.1, 0.15) is 31.4 Å². The number of allylic oxidation sites excluding steroid dienone is 1. The Labute approximate surface area is 107 Å². The minimum absolute atomic E-state index is 0.249. The second-order valence-corrected chi connectivity index (χ2v) is 4.69. The Morgan fingerprint density at radius 2 is 1.89 bits per heavy atom. The zero-order valence-electron chi connectivity index (χ0n) is 10.5. The zero-order valence-corrected chi connectivity index (χ0v) is 10.5. The standard InChI is InChI=1S/C16H17FO/c1-11(2)7-10-16(18)14-8-9-15(17)13-6-4-3-5-12(13)14/h3-6,8-9,16,18H,1,7,10H2,2H3. The SMILES string of the molecule is C=C(C)CCC(O)c1ccc(F)c2ccccc12. The molecule has 0 heterocycles. The molecule has 0 saturated heterocycles. The average Bonchev–Trinajstić information content (AvgIpc) is 2.37. The van der Waals surface area contributed by atoms with E-state index in [1.165, 1.54) is 6.07 Å². The summed E-state index contributed by atoms with van der Waals surface area (Å²) in [5.41, 5.74) is 1.83. The van der Waals surface area contributed by atoms with Gasteiger partial charge in [0.15, 0.2) is 0 Å². The highest BCUT2D eigenvalue weighted by Crippen LogP contribution is 2.29. The first kappa shape index (κ1) is 12.8. The van der Waals surface area contributed by atoms with Gasteiger partial charge in [0, 0.05) is 5.39 Å². The second kappa shape index (κ2) is 5.32. The fourth-order valence-corrected chi connectivity index (χ4v) is 2.11. The maximum atomic E-state index is 13.6. The molecule has 18 heavy (non-hydrogen) atoms. The molecule has 0 radical (unpaired) electrons. The lowest BCUT2D eigenvalue weighted by Crippen LogP contribution is -1.99. The summed E-state index contributed by atoms with van der Waals surface area (Å²) in [6, 6.07) is 10.3. The Bertz CT molecular complexity index is 574. The Morgan fingerprint density at radius 3 is 2.56 bits per heavy atom. The van der Waals surface area contributed by atoms with Gasteiger partial charge < -0.3 is 5.11 Å². The van der Waals surface area contributed by atoms with Gasteiger partial charge in [-0.05, 0) is 36.8 Å². The molecule has 1 unspecified atom stereocenters. The van der Waals surface area contributed by atoms with Crippen LogP contribution in [0.25, 0.3) is 10.8 Å². The third-order valence-corrected chi connectivity index (χ3v) is 3.11. The Kier molecular flexibility index (Phi) is 3.78. The van der Waals surface area contributed by atoms with E-state index in [-0.39, 0.29) is 5.82 Å². The van der Waals surface area contributed by atoms with E-state index in [4.69, 9.17) is 0 Å². The molecule has 0 amide bonds. The lowest BCUT2D eigenvalue weighted by molar-refractivity contribution is 0.169. The number of hydrogen-bond acceptors (Lipinski definition) is 1. The molecule has 2 heteroatoms. The van der Waals surface area contributed by atoms with Crippen LogP contribution in [0.5, 0.6) is 0 Å². The minimum Gasteiger partial charge on any atom is -0.388 e. The summed E-state index contributed by atoms with van der Waals surface area (Å²) in [6.07, 6.45) is 0.810. The van der Waals surface area contributed by atoms with Crippen molar-refractivity contribution in [3.63, 3.8) is 0 Å². The molecule has 1 N–H and O–H groups in total. The molecule has 1 atom stereocenters. The van der Waals surface area contributed by atoms with E-state index in [9.17, 15) is 9.50 Å². The van der Waals surface area contributed by atoms with E-state index in [2.05, 4.69) is 6.58 Å². The number of aliphatic hydroxyl groups is 1. The van der Waals surface area contributed by atoms with Gasteiger partial charge in [-0.25, -0.2) is 4.39 Å². The van der Waals surface area contributed by atoms with Gasteiger partial charge in [0.2, 0.25) is 0 Å². The highest BCUT2D eigenvalue weighted by atomic mass is 19.1. The van der Waals surface area contributed by atoms with Crippen molar-refractivity contribution in [3.05, 3.63) is 59.9 Å². The van der Waals surface area contributed by atoms with Gasteiger partial charge in [-0.2, -0.15) is 0 Å². The molecule has 94 valence electrons. The minimum atomic E-state index is -0.577. The van der Waals surface area contributed by atoms with Crippen LogP contribution in [-0.4, -0.2) is 5.11 Å². The Hall–Kier alpha value is -1.67. The predicted octanol–water partition coefficient (Wildman–Crippen LogP) is 4.37. The normalized spacial score (nSPS) is 12.6. The molecule has 1 nitrogen and oxygen atoms in total. The second-order valence-electron chi connectivity index (χ2n) is 4.69. The maximum absolute atomic E-state index is 13.6. The number of benzene rings is 2. The van der Waals surface area contributed by atoms with E-state index in [1.54, 1.807) is 18.2 Å². The third-order valence-electron chi connectivity index (χ3n) is 3.11. The molecule has 0 bridgehead atoms.